The molecule has 31 heavy (non-hydrogen) atoms. The molecule has 1 aromatic rings. The maximum atomic E-state index is 12.0. The summed E-state index contributed by atoms with van der Waals surface area (Å²) in [5.74, 6) is 2.75. The molecule has 0 radical (unpaired) electrons. The van der Waals surface area contributed by atoms with E-state index in [1.54, 1.807) is 0 Å². The normalized spacial score (nSPS) is 24.2. The largest absolute Gasteiger partial charge is 0.354 e. The van der Waals surface area contributed by atoms with Crippen LogP contribution in [0.2, 0.25) is 0 Å². The fourth-order valence-electron chi connectivity index (χ4n) is 3.82. The van der Waals surface area contributed by atoms with Crippen molar-refractivity contribution in [2.45, 2.75) is 83.3 Å². The van der Waals surface area contributed by atoms with Gasteiger partial charge in [0.15, 0.2) is 0 Å². The molecule has 5 N–H and O–H groups in total. The van der Waals surface area contributed by atoms with Crippen LogP contribution in [0.25, 0.3) is 0 Å². The summed E-state index contributed by atoms with van der Waals surface area (Å²) in [7, 11) is -3.35. The minimum absolute atomic E-state index is 0.144. The summed E-state index contributed by atoms with van der Waals surface area (Å²) in [6, 6.07) is 0.872. The highest BCUT2D eigenvalue weighted by molar-refractivity contribution is 7.87. The number of nitrogens with zero attached hydrogens (tertiary/aromatic N) is 3. The van der Waals surface area contributed by atoms with Crippen molar-refractivity contribution < 1.29 is 8.42 Å². The fourth-order valence-corrected chi connectivity index (χ4v) is 5.03. The van der Waals surface area contributed by atoms with Crippen molar-refractivity contribution in [3.8, 4) is 0 Å². The van der Waals surface area contributed by atoms with Gasteiger partial charge in [-0.05, 0) is 77.0 Å². The van der Waals surface area contributed by atoms with E-state index in [0.717, 1.165) is 57.9 Å². The van der Waals surface area contributed by atoms with Gasteiger partial charge in [0.05, 0.1) is 0 Å². The van der Waals surface area contributed by atoms with E-state index in [4.69, 9.17) is 0 Å². The van der Waals surface area contributed by atoms with E-state index in [9.17, 15) is 8.42 Å². The average Bonchev–Trinajstić information content (AvgIpc) is 3.63. The van der Waals surface area contributed by atoms with Crippen LogP contribution in [0.5, 0.6) is 0 Å². The molecule has 11 heteroatoms. The summed E-state index contributed by atoms with van der Waals surface area (Å²) in [5.41, 5.74) is 0. The van der Waals surface area contributed by atoms with E-state index in [1.165, 1.54) is 0 Å². The Bertz CT molecular complexity index is 811. The third-order valence-electron chi connectivity index (χ3n) is 5.94. The van der Waals surface area contributed by atoms with E-state index in [1.807, 2.05) is 0 Å². The maximum absolute atomic E-state index is 12.0. The Morgan fingerprint density at radius 2 is 1.39 bits per heavy atom. The van der Waals surface area contributed by atoms with Gasteiger partial charge in [0, 0.05) is 31.2 Å². The molecular weight excluding hydrogens is 416 g/mol. The Morgan fingerprint density at radius 3 is 2.00 bits per heavy atom. The van der Waals surface area contributed by atoms with E-state index >= 15 is 0 Å². The minimum atomic E-state index is -3.35. The quantitative estimate of drug-likeness (QED) is 0.325. The van der Waals surface area contributed by atoms with Crippen molar-refractivity contribution in [3.05, 3.63) is 0 Å². The van der Waals surface area contributed by atoms with Crippen LogP contribution in [0.3, 0.4) is 0 Å². The Kier molecular flexibility index (Phi) is 7.12. The molecule has 3 saturated carbocycles. The molecule has 1 aromatic heterocycles. The van der Waals surface area contributed by atoms with Crippen LogP contribution in [0.1, 0.15) is 65.2 Å². The molecule has 0 aromatic carbocycles. The highest BCUT2D eigenvalue weighted by atomic mass is 32.2. The topological polar surface area (TPSA) is 133 Å². The predicted octanol–water partition coefficient (Wildman–Crippen LogP) is 2.07. The molecule has 0 amide bonds. The molecule has 0 spiro atoms. The van der Waals surface area contributed by atoms with E-state index in [2.05, 4.69) is 54.2 Å². The SMILES string of the molecule is CC(C)Nc1nc(NCC2CCC(CNS(=O)(=O)NC3CC3)CC2)nc(NC2CC2)n1. The maximum Gasteiger partial charge on any atom is 0.277 e. The lowest BCUT2D eigenvalue weighted by atomic mass is 9.82. The fraction of sp³-hybridized carbons (Fsp3) is 0.850. The summed E-state index contributed by atoms with van der Waals surface area (Å²) in [4.78, 5) is 13.5. The van der Waals surface area contributed by atoms with Gasteiger partial charge in [-0.15, -0.1) is 0 Å². The lowest BCUT2D eigenvalue weighted by Crippen LogP contribution is -2.40. The number of aromatic nitrogens is 3. The van der Waals surface area contributed by atoms with Gasteiger partial charge in [-0.2, -0.15) is 28.1 Å². The summed E-state index contributed by atoms with van der Waals surface area (Å²) in [5, 5.41) is 10.0. The molecular formula is C20H36N8O2S. The highest BCUT2D eigenvalue weighted by Gasteiger charge is 2.28. The Morgan fingerprint density at radius 1 is 0.806 bits per heavy atom. The second-order valence-corrected chi connectivity index (χ2v) is 11.1. The van der Waals surface area contributed by atoms with Crippen LogP contribution in [0.4, 0.5) is 17.8 Å². The van der Waals surface area contributed by atoms with Crippen molar-refractivity contribution in [2.24, 2.45) is 11.8 Å². The van der Waals surface area contributed by atoms with Crippen LogP contribution in [-0.2, 0) is 10.2 Å². The number of anilines is 3. The number of hydrogen-bond donors (Lipinski definition) is 5. The smallest absolute Gasteiger partial charge is 0.277 e. The molecule has 0 bridgehead atoms. The zero-order valence-electron chi connectivity index (χ0n) is 18.5. The molecule has 174 valence electrons. The van der Waals surface area contributed by atoms with Crippen molar-refractivity contribution in [3.63, 3.8) is 0 Å². The van der Waals surface area contributed by atoms with Gasteiger partial charge >= 0.3 is 0 Å². The van der Waals surface area contributed by atoms with E-state index in [-0.39, 0.29) is 12.1 Å². The van der Waals surface area contributed by atoms with Crippen LogP contribution in [0, 0.1) is 11.8 Å². The molecule has 3 fully saturated rings. The van der Waals surface area contributed by atoms with Gasteiger partial charge in [0.25, 0.3) is 10.2 Å². The first-order valence-electron chi connectivity index (χ1n) is 11.6. The van der Waals surface area contributed by atoms with Crippen LogP contribution < -0.4 is 25.4 Å². The molecule has 3 aliphatic carbocycles. The third kappa shape index (κ3) is 7.73. The number of nitrogens with one attached hydrogen (secondary N) is 5. The van der Waals surface area contributed by atoms with Crippen molar-refractivity contribution in [1.82, 2.24) is 24.4 Å². The number of rotatable bonds is 12. The molecule has 1 heterocycles. The molecule has 0 aliphatic heterocycles. The van der Waals surface area contributed by atoms with Crippen molar-refractivity contribution in [1.29, 1.82) is 0 Å². The molecule has 3 aliphatic rings. The standard InChI is InChI=1S/C20H36N8O2S/c1-13(2)23-19-25-18(26-20(27-19)24-16-7-8-16)21-11-14-3-5-15(6-4-14)12-22-31(29,30)28-17-9-10-17/h13-17,22,28H,3-12H2,1-2H3,(H3,21,23,24,25,26,27). The lowest BCUT2D eigenvalue weighted by molar-refractivity contribution is 0.284. The molecule has 0 saturated heterocycles. The summed E-state index contributed by atoms with van der Waals surface area (Å²) < 4.78 is 29.4. The van der Waals surface area contributed by atoms with Gasteiger partial charge < -0.3 is 16.0 Å². The van der Waals surface area contributed by atoms with Gasteiger partial charge in [0.1, 0.15) is 0 Å². The van der Waals surface area contributed by atoms with E-state index < -0.39 is 10.2 Å². The second-order valence-electron chi connectivity index (χ2n) is 9.54. The summed E-state index contributed by atoms with van der Waals surface area (Å²) in [6.07, 6.45) is 8.44. The zero-order valence-corrected chi connectivity index (χ0v) is 19.3. The molecule has 0 unspecified atom stereocenters. The van der Waals surface area contributed by atoms with Crippen LogP contribution >= 0.6 is 0 Å². The first-order valence-corrected chi connectivity index (χ1v) is 13.1. The summed E-state index contributed by atoms with van der Waals surface area (Å²) >= 11 is 0. The van der Waals surface area contributed by atoms with Gasteiger partial charge in [0.2, 0.25) is 17.8 Å². The third-order valence-corrected chi connectivity index (χ3v) is 7.13. The van der Waals surface area contributed by atoms with Gasteiger partial charge in [-0.25, -0.2) is 4.72 Å². The van der Waals surface area contributed by atoms with Crippen LogP contribution in [0.15, 0.2) is 0 Å². The number of hydrogen-bond acceptors (Lipinski definition) is 8. The van der Waals surface area contributed by atoms with E-state index in [0.29, 0.717) is 42.3 Å². The van der Waals surface area contributed by atoms with Gasteiger partial charge in [-0.1, -0.05) is 0 Å². The average molecular weight is 453 g/mol. The molecule has 4 rings (SSSR count). The molecule has 0 atom stereocenters. The first-order chi connectivity index (χ1) is 14.8. The lowest BCUT2D eigenvalue weighted by Gasteiger charge is -2.28. The first kappa shape index (κ1) is 22.5. The minimum Gasteiger partial charge on any atom is -0.354 e. The Balaban J connectivity index is 1.22. The van der Waals surface area contributed by atoms with Crippen molar-refractivity contribution in [2.75, 3.05) is 29.0 Å². The Hall–Kier alpha value is -1.72. The zero-order chi connectivity index (χ0) is 21.8. The van der Waals surface area contributed by atoms with Crippen molar-refractivity contribution >= 4 is 28.1 Å². The second kappa shape index (κ2) is 9.83. The predicted molar refractivity (Wildman–Crippen MR) is 122 cm³/mol. The highest BCUT2D eigenvalue weighted by Crippen LogP contribution is 2.29. The van der Waals surface area contributed by atoms with Crippen LogP contribution in [-0.4, -0.2) is 54.6 Å². The van der Waals surface area contributed by atoms with Gasteiger partial charge in [-0.3, -0.25) is 0 Å². The summed E-state index contributed by atoms with van der Waals surface area (Å²) in [6.45, 7) is 5.46. The monoisotopic (exact) mass is 452 g/mol. The Labute approximate surface area is 185 Å². The molecule has 10 nitrogen and oxygen atoms in total.